The molecule has 2 amide bonds. The fraction of sp³-hybridized carbons (Fsp3) is 0.824. The van der Waals surface area contributed by atoms with E-state index in [1.54, 1.807) is 4.31 Å². The van der Waals surface area contributed by atoms with Crippen LogP contribution in [0.1, 0.15) is 57.8 Å². The van der Waals surface area contributed by atoms with Gasteiger partial charge in [-0.2, -0.15) is 0 Å². The summed E-state index contributed by atoms with van der Waals surface area (Å²) in [6, 6.07) is -0.0561. The molecule has 24 heavy (non-hydrogen) atoms. The lowest BCUT2D eigenvalue weighted by molar-refractivity contribution is 0.227. The molecule has 136 valence electrons. The second-order valence-electron chi connectivity index (χ2n) is 7.18. The van der Waals surface area contributed by atoms with Gasteiger partial charge in [-0.05, 0) is 57.8 Å². The van der Waals surface area contributed by atoms with Crippen LogP contribution >= 0.6 is 0 Å². The number of carbonyl (C=O) groups excluding carboxylic acids is 1. The highest BCUT2D eigenvalue weighted by molar-refractivity contribution is 7.90. The predicted octanol–water partition coefficient (Wildman–Crippen LogP) is 2.13. The SMILES string of the molecule is O=C(NCCC1=CCCCC1)NC1CCN(S(=O)(=O)C2CC2)CC1. The van der Waals surface area contributed by atoms with Crippen molar-refractivity contribution in [3.05, 3.63) is 11.6 Å². The number of hydrogen-bond acceptors (Lipinski definition) is 3. The summed E-state index contributed by atoms with van der Waals surface area (Å²) in [7, 11) is -3.07. The fourth-order valence-electron chi connectivity index (χ4n) is 3.54. The number of piperidine rings is 1. The molecular weight excluding hydrogens is 326 g/mol. The number of hydrogen-bond donors (Lipinski definition) is 2. The zero-order valence-electron chi connectivity index (χ0n) is 14.3. The predicted molar refractivity (Wildman–Crippen MR) is 94.2 cm³/mol. The van der Waals surface area contributed by atoms with Crippen molar-refractivity contribution in [3.63, 3.8) is 0 Å². The van der Waals surface area contributed by atoms with Crippen molar-refractivity contribution in [2.24, 2.45) is 0 Å². The highest BCUT2D eigenvalue weighted by atomic mass is 32.2. The smallest absolute Gasteiger partial charge is 0.315 e. The number of nitrogens with zero attached hydrogens (tertiary/aromatic N) is 1. The van der Waals surface area contributed by atoms with E-state index in [0.29, 0.717) is 32.5 Å². The normalized spacial score (nSPS) is 23.6. The van der Waals surface area contributed by atoms with Crippen molar-refractivity contribution in [2.75, 3.05) is 19.6 Å². The van der Waals surface area contributed by atoms with Gasteiger partial charge in [-0.1, -0.05) is 11.6 Å². The lowest BCUT2D eigenvalue weighted by atomic mass is 9.97. The molecular formula is C17H29N3O3S. The van der Waals surface area contributed by atoms with Gasteiger partial charge in [-0.3, -0.25) is 0 Å². The molecule has 0 spiro atoms. The molecule has 2 N–H and O–H groups in total. The molecule has 6 nitrogen and oxygen atoms in total. The third-order valence-electron chi connectivity index (χ3n) is 5.21. The van der Waals surface area contributed by atoms with Crippen LogP contribution in [0.5, 0.6) is 0 Å². The number of amides is 2. The van der Waals surface area contributed by atoms with Crippen LogP contribution in [-0.4, -0.2) is 49.7 Å². The zero-order chi connectivity index (χ0) is 17.0. The van der Waals surface area contributed by atoms with Crippen molar-refractivity contribution in [1.29, 1.82) is 0 Å². The van der Waals surface area contributed by atoms with E-state index in [0.717, 1.165) is 25.7 Å². The topological polar surface area (TPSA) is 78.5 Å². The quantitative estimate of drug-likeness (QED) is 0.717. The lowest BCUT2D eigenvalue weighted by Crippen LogP contribution is -2.49. The maximum Gasteiger partial charge on any atom is 0.315 e. The number of nitrogens with one attached hydrogen (secondary N) is 2. The Balaban J connectivity index is 1.33. The van der Waals surface area contributed by atoms with E-state index >= 15 is 0 Å². The minimum Gasteiger partial charge on any atom is -0.338 e. The average molecular weight is 356 g/mol. The molecule has 7 heteroatoms. The van der Waals surface area contributed by atoms with Crippen molar-refractivity contribution in [1.82, 2.24) is 14.9 Å². The summed E-state index contributed by atoms with van der Waals surface area (Å²) in [6.07, 6.45) is 11.1. The second-order valence-corrected chi connectivity index (χ2v) is 9.39. The monoisotopic (exact) mass is 355 g/mol. The first-order chi connectivity index (χ1) is 11.6. The number of carbonyl (C=O) groups is 1. The Labute approximate surface area is 145 Å². The Morgan fingerprint density at radius 3 is 2.54 bits per heavy atom. The van der Waals surface area contributed by atoms with Crippen LogP contribution in [0.3, 0.4) is 0 Å². The molecule has 1 heterocycles. The van der Waals surface area contributed by atoms with E-state index in [4.69, 9.17) is 0 Å². The Morgan fingerprint density at radius 1 is 1.17 bits per heavy atom. The Hall–Kier alpha value is -1.08. The van der Waals surface area contributed by atoms with Gasteiger partial charge in [-0.15, -0.1) is 0 Å². The van der Waals surface area contributed by atoms with Gasteiger partial charge in [0, 0.05) is 25.7 Å². The number of allylic oxidation sites excluding steroid dienone is 1. The maximum atomic E-state index is 12.2. The molecule has 3 rings (SSSR count). The summed E-state index contributed by atoms with van der Waals surface area (Å²) >= 11 is 0. The zero-order valence-corrected chi connectivity index (χ0v) is 15.1. The Kier molecular flexibility index (Phi) is 5.81. The molecule has 0 atom stereocenters. The first-order valence-electron chi connectivity index (χ1n) is 9.27. The van der Waals surface area contributed by atoms with E-state index in [9.17, 15) is 13.2 Å². The average Bonchev–Trinajstić information content (AvgIpc) is 3.42. The van der Waals surface area contributed by atoms with Gasteiger partial charge in [0.1, 0.15) is 0 Å². The van der Waals surface area contributed by atoms with E-state index < -0.39 is 10.0 Å². The van der Waals surface area contributed by atoms with Crippen LogP contribution in [0.4, 0.5) is 4.79 Å². The summed E-state index contributed by atoms with van der Waals surface area (Å²) in [5, 5.41) is 5.77. The second kappa shape index (κ2) is 7.87. The molecule has 0 aromatic heterocycles. The molecule has 1 saturated heterocycles. The molecule has 0 aromatic rings. The summed E-state index contributed by atoms with van der Waals surface area (Å²) in [4.78, 5) is 12.0. The third kappa shape index (κ3) is 4.72. The van der Waals surface area contributed by atoms with Gasteiger partial charge >= 0.3 is 6.03 Å². The minimum absolute atomic E-state index is 0.0737. The summed E-state index contributed by atoms with van der Waals surface area (Å²) in [6.45, 7) is 1.72. The highest BCUT2D eigenvalue weighted by Gasteiger charge is 2.41. The standard InChI is InChI=1S/C17H29N3O3S/c21-17(18-11-8-14-4-2-1-3-5-14)19-15-9-12-20(13-10-15)24(22,23)16-6-7-16/h4,15-16H,1-3,5-13H2,(H2,18,19,21). The minimum atomic E-state index is -3.07. The molecule has 0 unspecified atom stereocenters. The largest absolute Gasteiger partial charge is 0.338 e. The maximum absolute atomic E-state index is 12.2. The number of rotatable bonds is 6. The molecule has 2 aliphatic carbocycles. The molecule has 0 radical (unpaired) electrons. The third-order valence-corrected chi connectivity index (χ3v) is 7.61. The molecule has 1 aliphatic heterocycles. The highest BCUT2D eigenvalue weighted by Crippen LogP contribution is 2.32. The van der Waals surface area contributed by atoms with E-state index in [2.05, 4.69) is 16.7 Å². The summed E-state index contributed by atoms with van der Waals surface area (Å²) in [5.41, 5.74) is 1.46. The van der Waals surface area contributed by atoms with Crippen LogP contribution in [0.25, 0.3) is 0 Å². The van der Waals surface area contributed by atoms with Gasteiger partial charge in [0.25, 0.3) is 0 Å². The first kappa shape index (κ1) is 17.7. The number of urea groups is 1. The van der Waals surface area contributed by atoms with Crippen molar-refractivity contribution in [2.45, 2.75) is 69.1 Å². The number of sulfonamides is 1. The lowest BCUT2D eigenvalue weighted by Gasteiger charge is -2.31. The van der Waals surface area contributed by atoms with Crippen LogP contribution in [0.2, 0.25) is 0 Å². The van der Waals surface area contributed by atoms with Gasteiger partial charge < -0.3 is 10.6 Å². The molecule has 0 aromatic carbocycles. The molecule has 3 aliphatic rings. The van der Waals surface area contributed by atoms with Gasteiger partial charge in [0.2, 0.25) is 10.0 Å². The van der Waals surface area contributed by atoms with Gasteiger partial charge in [-0.25, -0.2) is 17.5 Å². The van der Waals surface area contributed by atoms with Gasteiger partial charge in [0.05, 0.1) is 5.25 Å². The van der Waals surface area contributed by atoms with Crippen LogP contribution < -0.4 is 10.6 Å². The van der Waals surface area contributed by atoms with E-state index in [1.165, 1.54) is 24.8 Å². The van der Waals surface area contributed by atoms with Gasteiger partial charge in [0.15, 0.2) is 0 Å². The molecule has 2 fully saturated rings. The molecule has 1 saturated carbocycles. The van der Waals surface area contributed by atoms with Crippen molar-refractivity contribution < 1.29 is 13.2 Å². The van der Waals surface area contributed by atoms with Crippen LogP contribution in [0.15, 0.2) is 11.6 Å². The van der Waals surface area contributed by atoms with Crippen LogP contribution in [-0.2, 0) is 10.0 Å². The molecule has 0 bridgehead atoms. The van der Waals surface area contributed by atoms with E-state index in [-0.39, 0.29) is 17.3 Å². The Bertz CT molecular complexity index is 576. The summed E-state index contributed by atoms with van der Waals surface area (Å²) in [5.74, 6) is 0. The van der Waals surface area contributed by atoms with Crippen LogP contribution in [0, 0.1) is 0 Å². The van der Waals surface area contributed by atoms with Crippen molar-refractivity contribution in [3.8, 4) is 0 Å². The Morgan fingerprint density at radius 2 is 1.92 bits per heavy atom. The first-order valence-corrected chi connectivity index (χ1v) is 10.8. The summed E-state index contributed by atoms with van der Waals surface area (Å²) < 4.78 is 26.0. The fourth-order valence-corrected chi connectivity index (χ4v) is 5.41. The van der Waals surface area contributed by atoms with E-state index in [1.807, 2.05) is 0 Å². The van der Waals surface area contributed by atoms with Crippen molar-refractivity contribution >= 4 is 16.1 Å².